The summed E-state index contributed by atoms with van der Waals surface area (Å²) >= 11 is 0. The first kappa shape index (κ1) is 27.1. The number of nitrogens with one attached hydrogen (secondary N) is 1. The molecule has 1 aliphatic heterocycles. The monoisotopic (exact) mass is 528 g/mol. The van der Waals surface area contributed by atoms with Crippen LogP contribution in [0.15, 0.2) is 95.9 Å². The summed E-state index contributed by atoms with van der Waals surface area (Å²) in [5, 5.41) is 14.5. The molecule has 1 atom stereocenters. The molecule has 1 aromatic heterocycles. The fourth-order valence-corrected chi connectivity index (χ4v) is 4.59. The van der Waals surface area contributed by atoms with E-state index in [1.54, 1.807) is 38.5 Å². The second kappa shape index (κ2) is 12.0. The minimum atomic E-state index is -0.911. The Labute approximate surface area is 225 Å². The molecule has 0 bridgehead atoms. The van der Waals surface area contributed by atoms with Gasteiger partial charge in [0, 0.05) is 42.5 Å². The molecule has 1 unspecified atom stereocenters. The van der Waals surface area contributed by atoms with Crippen molar-refractivity contribution < 1.29 is 24.0 Å². The van der Waals surface area contributed by atoms with Gasteiger partial charge in [-0.15, -0.1) is 0 Å². The molecular weight excluding hydrogens is 500 g/mol. The number of non-ortho nitro benzene ring substituents is 1. The van der Waals surface area contributed by atoms with Gasteiger partial charge in [0.1, 0.15) is 6.61 Å². The van der Waals surface area contributed by atoms with E-state index in [0.717, 1.165) is 11.1 Å². The van der Waals surface area contributed by atoms with Gasteiger partial charge in [0.15, 0.2) is 0 Å². The lowest BCUT2D eigenvalue weighted by molar-refractivity contribution is -0.384. The summed E-state index contributed by atoms with van der Waals surface area (Å²) in [6.07, 6.45) is 8.96. The molecule has 1 aliphatic rings. The number of benzene rings is 2. The van der Waals surface area contributed by atoms with Crippen LogP contribution in [0.3, 0.4) is 0 Å². The van der Waals surface area contributed by atoms with Crippen LogP contribution < -0.4 is 5.32 Å². The fourth-order valence-electron chi connectivity index (χ4n) is 4.59. The molecule has 0 saturated carbocycles. The second-order valence-electron chi connectivity index (χ2n) is 8.91. The summed E-state index contributed by atoms with van der Waals surface area (Å²) in [5.41, 5.74) is 3.62. The van der Waals surface area contributed by atoms with Gasteiger partial charge in [-0.3, -0.25) is 10.1 Å². The van der Waals surface area contributed by atoms with Crippen LogP contribution in [0.2, 0.25) is 0 Å². The average molecular weight is 529 g/mol. The molecule has 10 heteroatoms. The summed E-state index contributed by atoms with van der Waals surface area (Å²) < 4.78 is 12.5. The molecule has 2 heterocycles. The molecule has 200 valence electrons. The first-order chi connectivity index (χ1) is 18.8. The van der Waals surface area contributed by atoms with Crippen molar-refractivity contribution in [3.05, 3.63) is 123 Å². The van der Waals surface area contributed by atoms with E-state index in [0.29, 0.717) is 23.5 Å². The highest BCUT2D eigenvalue weighted by molar-refractivity contribution is 6.00. The zero-order valence-corrected chi connectivity index (χ0v) is 21.8. The molecule has 0 amide bonds. The Balaban J connectivity index is 1.58. The Morgan fingerprint density at radius 1 is 1.10 bits per heavy atom. The van der Waals surface area contributed by atoms with Crippen molar-refractivity contribution in [2.45, 2.75) is 26.3 Å². The first-order valence-electron chi connectivity index (χ1n) is 12.2. The van der Waals surface area contributed by atoms with Crippen molar-refractivity contribution in [1.29, 1.82) is 0 Å². The molecule has 0 saturated heterocycles. The predicted molar refractivity (Wildman–Crippen MR) is 144 cm³/mol. The van der Waals surface area contributed by atoms with Crippen LogP contribution in [0, 0.1) is 10.1 Å². The van der Waals surface area contributed by atoms with Crippen LogP contribution >= 0.6 is 0 Å². The lowest BCUT2D eigenvalue weighted by atomic mass is 9.80. The zero-order chi connectivity index (χ0) is 27.9. The van der Waals surface area contributed by atoms with E-state index in [9.17, 15) is 19.7 Å². The molecule has 2 aromatic carbocycles. The standard InChI is InChI=1S/C29H28N4O6/c1-19-25(28(34)38-3)27(22-10-6-12-24(16-22)33(36)37)26(20(2)31-19)29(35)39-15-7-11-21-8-4-5-9-23(21)17-32-14-13-30-18-32/h4-14,16,18,27,31H,15,17H2,1-3H3. The lowest BCUT2D eigenvalue weighted by Crippen LogP contribution is -2.32. The second-order valence-corrected chi connectivity index (χ2v) is 8.91. The van der Waals surface area contributed by atoms with Gasteiger partial charge in [0.2, 0.25) is 0 Å². The molecule has 3 aromatic rings. The molecule has 10 nitrogen and oxygen atoms in total. The minimum absolute atomic E-state index is 0.0209. The maximum atomic E-state index is 13.4. The number of allylic oxidation sites excluding steroid dienone is 2. The van der Waals surface area contributed by atoms with Crippen LogP contribution in [0.4, 0.5) is 5.69 Å². The zero-order valence-electron chi connectivity index (χ0n) is 21.8. The van der Waals surface area contributed by atoms with E-state index >= 15 is 0 Å². The Morgan fingerprint density at radius 3 is 2.54 bits per heavy atom. The molecular formula is C29H28N4O6. The van der Waals surface area contributed by atoms with E-state index in [2.05, 4.69) is 10.3 Å². The van der Waals surface area contributed by atoms with Crippen molar-refractivity contribution in [1.82, 2.24) is 14.9 Å². The van der Waals surface area contributed by atoms with Crippen LogP contribution in [-0.4, -0.2) is 40.1 Å². The Morgan fingerprint density at radius 2 is 1.85 bits per heavy atom. The van der Waals surface area contributed by atoms with Gasteiger partial charge in [0.25, 0.3) is 5.69 Å². The smallest absolute Gasteiger partial charge is 0.337 e. The molecule has 4 rings (SSSR count). The van der Waals surface area contributed by atoms with Gasteiger partial charge >= 0.3 is 11.9 Å². The van der Waals surface area contributed by atoms with Crippen molar-refractivity contribution in [3.8, 4) is 0 Å². The third-order valence-electron chi connectivity index (χ3n) is 6.38. The van der Waals surface area contributed by atoms with Crippen LogP contribution in [-0.2, 0) is 25.6 Å². The summed E-state index contributed by atoms with van der Waals surface area (Å²) in [6.45, 7) is 4.00. The number of carbonyl (C=O) groups is 2. The molecule has 1 N–H and O–H groups in total. The number of ether oxygens (including phenoxy) is 2. The number of esters is 2. The highest BCUT2D eigenvalue weighted by Crippen LogP contribution is 2.40. The normalized spacial score (nSPS) is 15.3. The molecule has 39 heavy (non-hydrogen) atoms. The molecule has 0 radical (unpaired) electrons. The Bertz CT molecular complexity index is 1490. The number of nitro benzene ring substituents is 1. The van der Waals surface area contributed by atoms with Crippen molar-refractivity contribution in [2.75, 3.05) is 13.7 Å². The van der Waals surface area contributed by atoms with Crippen LogP contribution in [0.25, 0.3) is 6.08 Å². The highest BCUT2D eigenvalue weighted by Gasteiger charge is 2.38. The maximum absolute atomic E-state index is 13.4. The molecule has 0 spiro atoms. The lowest BCUT2D eigenvalue weighted by Gasteiger charge is -2.30. The number of carbonyl (C=O) groups excluding carboxylic acids is 2. The van der Waals surface area contributed by atoms with E-state index < -0.39 is 22.8 Å². The summed E-state index contributed by atoms with van der Waals surface area (Å²) in [7, 11) is 1.24. The predicted octanol–water partition coefficient (Wildman–Crippen LogP) is 4.50. The molecule has 0 aliphatic carbocycles. The van der Waals surface area contributed by atoms with Crippen molar-refractivity contribution in [3.63, 3.8) is 0 Å². The number of dihydropyridines is 1. The van der Waals surface area contributed by atoms with E-state index in [-0.39, 0.29) is 23.4 Å². The number of nitro groups is 1. The van der Waals surface area contributed by atoms with Gasteiger partial charge in [0.05, 0.1) is 35.4 Å². The number of nitrogens with zero attached hydrogens (tertiary/aromatic N) is 3. The SMILES string of the molecule is COC(=O)C1=C(C)NC(C)=C(C(=O)OCC=Cc2ccccc2Cn2ccnc2)C1c1cccc([N+](=O)[O-])c1. The van der Waals surface area contributed by atoms with Gasteiger partial charge in [-0.1, -0.05) is 42.5 Å². The van der Waals surface area contributed by atoms with Gasteiger partial charge in [-0.25, -0.2) is 14.6 Å². The minimum Gasteiger partial charge on any atom is -0.466 e. The van der Waals surface area contributed by atoms with E-state index in [1.807, 2.05) is 41.1 Å². The van der Waals surface area contributed by atoms with Crippen molar-refractivity contribution in [2.24, 2.45) is 0 Å². The van der Waals surface area contributed by atoms with Gasteiger partial charge in [-0.2, -0.15) is 0 Å². The number of hydrogen-bond donors (Lipinski definition) is 1. The number of hydrogen-bond acceptors (Lipinski definition) is 8. The van der Waals surface area contributed by atoms with Crippen LogP contribution in [0.5, 0.6) is 0 Å². The summed E-state index contributed by atoms with van der Waals surface area (Å²) in [6, 6.07) is 13.7. The summed E-state index contributed by atoms with van der Waals surface area (Å²) in [5.74, 6) is -2.21. The first-order valence-corrected chi connectivity index (χ1v) is 12.2. The van der Waals surface area contributed by atoms with Crippen LogP contribution in [0.1, 0.15) is 36.5 Å². The average Bonchev–Trinajstić information content (AvgIpc) is 3.44. The number of rotatable bonds is 9. The third kappa shape index (κ3) is 6.12. The number of methoxy groups -OCH3 is 1. The van der Waals surface area contributed by atoms with E-state index in [4.69, 9.17) is 9.47 Å². The number of aromatic nitrogens is 2. The third-order valence-corrected chi connectivity index (χ3v) is 6.38. The topological polar surface area (TPSA) is 126 Å². The number of imidazole rings is 1. The fraction of sp³-hybridized carbons (Fsp3) is 0.207. The molecule has 0 fully saturated rings. The Kier molecular flexibility index (Phi) is 8.35. The summed E-state index contributed by atoms with van der Waals surface area (Å²) in [4.78, 5) is 41.1. The van der Waals surface area contributed by atoms with E-state index in [1.165, 1.54) is 25.3 Å². The highest BCUT2D eigenvalue weighted by atomic mass is 16.6. The largest absolute Gasteiger partial charge is 0.466 e. The van der Waals surface area contributed by atoms with Crippen molar-refractivity contribution >= 4 is 23.7 Å². The maximum Gasteiger partial charge on any atom is 0.337 e. The Hall–Kier alpha value is -4.99. The van der Waals surface area contributed by atoms with Gasteiger partial charge in [-0.05, 0) is 36.6 Å². The quantitative estimate of drug-likeness (QED) is 0.244. The van der Waals surface area contributed by atoms with Gasteiger partial charge < -0.3 is 19.4 Å².